The minimum Gasteiger partial charge on any atom is -0.520 e. The molecular formula is C14H17Cl3O4Si2. The van der Waals surface area contributed by atoms with Crippen LogP contribution in [-0.2, 0) is 20.6 Å². The molecular weight excluding hydrogens is 395 g/mol. The molecule has 1 aliphatic rings. The van der Waals surface area contributed by atoms with Crippen molar-refractivity contribution in [2.45, 2.75) is 25.6 Å². The molecule has 0 spiro atoms. The quantitative estimate of drug-likeness (QED) is 0.236. The van der Waals surface area contributed by atoms with Crippen LogP contribution in [0.4, 0.5) is 0 Å². The highest BCUT2D eigenvalue weighted by Gasteiger charge is 2.38. The van der Waals surface area contributed by atoms with Gasteiger partial charge in [0.25, 0.3) is 0 Å². The monoisotopic (exact) mass is 410 g/mol. The Bertz CT molecular complexity index is 606. The number of carbonyl (C=O) groups is 1. The van der Waals surface area contributed by atoms with E-state index in [1.807, 2.05) is 18.7 Å². The summed E-state index contributed by atoms with van der Waals surface area (Å²) in [5.41, 5.74) is 0.893. The van der Waals surface area contributed by atoms with Gasteiger partial charge >= 0.3 is 20.5 Å². The maximum Gasteiger partial charge on any atom is 0.396 e. The van der Waals surface area contributed by atoms with E-state index < -0.39 is 20.5 Å². The fourth-order valence-electron chi connectivity index (χ4n) is 2.21. The molecule has 0 aliphatic carbocycles. The average molecular weight is 412 g/mol. The molecule has 9 heteroatoms. The normalized spacial score (nSPS) is 20.3. The Morgan fingerprint density at radius 3 is 2.87 bits per heavy atom. The summed E-state index contributed by atoms with van der Waals surface area (Å²) < 4.78 is 17.0. The van der Waals surface area contributed by atoms with Crippen molar-refractivity contribution in [3.8, 4) is 5.75 Å². The molecule has 1 heterocycles. The van der Waals surface area contributed by atoms with Crippen LogP contribution < -0.4 is 9.61 Å². The van der Waals surface area contributed by atoms with E-state index in [0.717, 1.165) is 28.6 Å². The van der Waals surface area contributed by atoms with Crippen molar-refractivity contribution >= 4 is 59.0 Å². The van der Waals surface area contributed by atoms with Gasteiger partial charge in [-0.2, -0.15) is 0 Å². The van der Waals surface area contributed by atoms with E-state index >= 15 is 0 Å². The van der Waals surface area contributed by atoms with Gasteiger partial charge in [0.2, 0.25) is 0 Å². The van der Waals surface area contributed by atoms with Crippen molar-refractivity contribution in [2.24, 2.45) is 0 Å². The van der Waals surface area contributed by atoms with Crippen molar-refractivity contribution < 1.29 is 18.4 Å². The first-order valence-electron chi connectivity index (χ1n) is 7.06. The molecule has 1 aromatic rings. The molecule has 1 aromatic carbocycles. The van der Waals surface area contributed by atoms with Crippen LogP contribution in [0.3, 0.4) is 0 Å². The summed E-state index contributed by atoms with van der Waals surface area (Å²) in [5, 5.41) is 0.718. The SMILES string of the molecule is C=CC(=O)OCCC[Si]1(C)OCc2cc([Si](Cl)(Cl)Cl)ccc2O1. The van der Waals surface area contributed by atoms with Crippen LogP contribution in [0.2, 0.25) is 12.6 Å². The highest BCUT2D eigenvalue weighted by atomic mass is 35.8. The third-order valence-corrected chi connectivity index (χ3v) is 9.03. The Morgan fingerprint density at radius 1 is 1.48 bits per heavy atom. The summed E-state index contributed by atoms with van der Waals surface area (Å²) in [4.78, 5) is 11.0. The Kier molecular flexibility index (Phi) is 6.21. The van der Waals surface area contributed by atoms with Gasteiger partial charge < -0.3 is 13.6 Å². The standard InChI is InChI=1S/C14H17Cl3O4Si2/c1-3-14(18)19-7-4-8-22(2)20-10-11-9-12(23(15,16)17)5-6-13(11)21-22/h3,5-6,9H,1,4,7-8,10H2,2H3. The molecule has 0 N–H and O–H groups in total. The molecule has 0 amide bonds. The van der Waals surface area contributed by atoms with Gasteiger partial charge in [-0.15, -0.1) is 33.2 Å². The number of hydrogen-bond acceptors (Lipinski definition) is 4. The fourth-order valence-corrected chi connectivity index (χ4v) is 6.09. The Morgan fingerprint density at radius 2 is 2.22 bits per heavy atom. The molecule has 0 bridgehead atoms. The molecule has 0 radical (unpaired) electrons. The summed E-state index contributed by atoms with van der Waals surface area (Å²) in [6.07, 6.45) is 1.82. The highest BCUT2D eigenvalue weighted by Crippen LogP contribution is 2.32. The predicted molar refractivity (Wildman–Crippen MR) is 97.0 cm³/mol. The minimum atomic E-state index is -2.91. The first-order valence-corrected chi connectivity index (χ1v) is 14.6. The van der Waals surface area contributed by atoms with Gasteiger partial charge in [-0.3, -0.25) is 0 Å². The Labute approximate surface area is 151 Å². The van der Waals surface area contributed by atoms with E-state index in [1.165, 1.54) is 0 Å². The number of fused-ring (bicyclic) bond motifs is 1. The molecule has 1 atom stereocenters. The number of hydrogen-bond donors (Lipinski definition) is 0. The average Bonchev–Trinajstić information content (AvgIpc) is 2.49. The first kappa shape index (κ1) is 18.8. The van der Waals surface area contributed by atoms with Crippen molar-refractivity contribution in [2.75, 3.05) is 6.61 Å². The fraction of sp³-hybridized carbons (Fsp3) is 0.357. The van der Waals surface area contributed by atoms with Gasteiger partial charge in [-0.1, -0.05) is 18.7 Å². The minimum absolute atomic E-state index is 0.324. The molecule has 2 rings (SSSR count). The van der Waals surface area contributed by atoms with E-state index in [9.17, 15) is 4.79 Å². The van der Waals surface area contributed by atoms with Crippen LogP contribution in [0.15, 0.2) is 30.9 Å². The molecule has 1 aliphatic heterocycles. The van der Waals surface area contributed by atoms with Crippen LogP contribution in [0.5, 0.6) is 5.75 Å². The van der Waals surface area contributed by atoms with Crippen molar-refractivity contribution in [3.05, 3.63) is 36.4 Å². The number of ether oxygens (including phenoxy) is 1. The van der Waals surface area contributed by atoms with Crippen LogP contribution >= 0.6 is 33.2 Å². The smallest absolute Gasteiger partial charge is 0.396 e. The molecule has 4 nitrogen and oxygen atoms in total. The number of esters is 1. The van der Waals surface area contributed by atoms with E-state index in [-0.39, 0.29) is 0 Å². The third kappa shape index (κ3) is 5.24. The maximum absolute atomic E-state index is 11.0. The van der Waals surface area contributed by atoms with Crippen LogP contribution in [0.1, 0.15) is 12.0 Å². The lowest BCUT2D eigenvalue weighted by atomic mass is 10.2. The largest absolute Gasteiger partial charge is 0.520 e. The second kappa shape index (κ2) is 7.59. The van der Waals surface area contributed by atoms with Crippen LogP contribution in [0.25, 0.3) is 0 Å². The molecule has 0 fully saturated rings. The number of halogens is 3. The number of carbonyl (C=O) groups excluding carboxylic acids is 1. The van der Waals surface area contributed by atoms with Gasteiger partial charge in [0.15, 0.2) is 0 Å². The van der Waals surface area contributed by atoms with Gasteiger partial charge in [0.05, 0.1) is 13.2 Å². The highest BCUT2D eigenvalue weighted by molar-refractivity contribution is 7.69. The lowest BCUT2D eigenvalue weighted by molar-refractivity contribution is -0.137. The molecule has 0 aromatic heterocycles. The van der Waals surface area contributed by atoms with Crippen LogP contribution in [-0.4, -0.2) is 27.1 Å². The van der Waals surface area contributed by atoms with Gasteiger partial charge in [-0.25, -0.2) is 4.79 Å². The summed E-state index contributed by atoms with van der Waals surface area (Å²) in [7, 11) is -2.34. The topological polar surface area (TPSA) is 44.8 Å². The lowest BCUT2D eigenvalue weighted by Crippen LogP contribution is -2.45. The second-order valence-corrected chi connectivity index (χ2v) is 17.0. The summed E-state index contributed by atoms with van der Waals surface area (Å²) >= 11 is 18.1. The van der Waals surface area contributed by atoms with Gasteiger partial charge in [0, 0.05) is 17.7 Å². The van der Waals surface area contributed by atoms with Crippen molar-refractivity contribution in [3.63, 3.8) is 0 Å². The predicted octanol–water partition coefficient (Wildman–Crippen LogP) is 3.65. The molecule has 0 saturated heterocycles. The van der Waals surface area contributed by atoms with E-state index in [4.69, 9.17) is 46.8 Å². The molecule has 126 valence electrons. The zero-order chi connectivity index (χ0) is 17.1. The zero-order valence-corrected chi connectivity index (χ0v) is 16.9. The third-order valence-electron chi connectivity index (χ3n) is 3.43. The summed E-state index contributed by atoms with van der Waals surface area (Å²) in [6.45, 7) is 6.10. The van der Waals surface area contributed by atoms with Gasteiger partial charge in [-0.05, 0) is 24.2 Å². The summed E-state index contributed by atoms with van der Waals surface area (Å²) in [6, 6.07) is 3.29. The van der Waals surface area contributed by atoms with Crippen molar-refractivity contribution in [1.82, 2.24) is 0 Å². The van der Waals surface area contributed by atoms with Gasteiger partial charge in [0.1, 0.15) is 5.75 Å². The zero-order valence-electron chi connectivity index (χ0n) is 12.6. The van der Waals surface area contributed by atoms with E-state index in [0.29, 0.717) is 19.6 Å². The summed E-state index contributed by atoms with van der Waals surface area (Å²) in [5.74, 6) is 0.358. The number of benzene rings is 1. The lowest BCUT2D eigenvalue weighted by Gasteiger charge is -2.33. The molecule has 23 heavy (non-hydrogen) atoms. The molecule has 0 saturated carbocycles. The van der Waals surface area contributed by atoms with Crippen molar-refractivity contribution in [1.29, 1.82) is 0 Å². The maximum atomic E-state index is 11.0. The molecule has 1 unspecified atom stereocenters. The second-order valence-electron chi connectivity index (χ2n) is 5.32. The number of rotatable bonds is 6. The van der Waals surface area contributed by atoms with E-state index in [2.05, 4.69) is 6.58 Å². The van der Waals surface area contributed by atoms with E-state index in [1.54, 1.807) is 6.07 Å². The van der Waals surface area contributed by atoms with Crippen LogP contribution in [0, 0.1) is 0 Å². The Balaban J connectivity index is 1.96. The first-order chi connectivity index (χ1) is 10.7. The Hall–Kier alpha value is -0.506.